The van der Waals surface area contributed by atoms with Crippen LogP contribution in [0.4, 0.5) is 0 Å². The molecule has 94 valence electrons. The van der Waals surface area contributed by atoms with Gasteiger partial charge in [0.2, 0.25) is 0 Å². The normalized spacial score (nSPS) is 23.3. The van der Waals surface area contributed by atoms with Crippen molar-refractivity contribution in [1.29, 1.82) is 0 Å². The van der Waals surface area contributed by atoms with Gasteiger partial charge in [-0.2, -0.15) is 0 Å². The standard InChI is InChI=1S/C14H23N3/c1-2-4-6-12(5-3-1)14-16-10-13(17-14)7-11-8-15-9-11/h10-12,15H,1-9H2,(H,16,17). The van der Waals surface area contributed by atoms with Gasteiger partial charge in [-0.15, -0.1) is 0 Å². The molecule has 0 amide bonds. The molecule has 2 aliphatic rings. The molecule has 1 aliphatic carbocycles. The number of aromatic nitrogens is 2. The molecule has 1 aromatic rings. The smallest absolute Gasteiger partial charge is 0.109 e. The fourth-order valence-electron chi connectivity index (χ4n) is 3.04. The maximum atomic E-state index is 4.62. The summed E-state index contributed by atoms with van der Waals surface area (Å²) in [5.41, 5.74) is 1.34. The Morgan fingerprint density at radius 1 is 1.12 bits per heavy atom. The van der Waals surface area contributed by atoms with Crippen LogP contribution in [0.3, 0.4) is 0 Å². The summed E-state index contributed by atoms with van der Waals surface area (Å²) < 4.78 is 0. The molecule has 3 rings (SSSR count). The lowest BCUT2D eigenvalue weighted by Gasteiger charge is -2.26. The third-order valence-corrected chi connectivity index (χ3v) is 4.26. The molecule has 2 heterocycles. The SMILES string of the molecule is c1nc(C2CCCCCC2)[nH]c1CC1CNC1. The molecule has 3 heteroatoms. The number of aromatic amines is 1. The van der Waals surface area contributed by atoms with Gasteiger partial charge in [-0.1, -0.05) is 25.7 Å². The topological polar surface area (TPSA) is 40.7 Å². The first kappa shape index (κ1) is 11.3. The number of nitrogens with zero attached hydrogens (tertiary/aromatic N) is 1. The minimum atomic E-state index is 0.700. The number of hydrogen-bond donors (Lipinski definition) is 2. The average Bonchev–Trinajstić information content (AvgIpc) is 2.57. The largest absolute Gasteiger partial charge is 0.346 e. The van der Waals surface area contributed by atoms with Gasteiger partial charge in [0.15, 0.2) is 0 Å². The van der Waals surface area contributed by atoms with E-state index in [4.69, 9.17) is 0 Å². The molecular formula is C14H23N3. The first-order valence-electron chi connectivity index (χ1n) is 7.16. The zero-order chi connectivity index (χ0) is 11.5. The number of rotatable bonds is 3. The zero-order valence-corrected chi connectivity index (χ0v) is 10.5. The van der Waals surface area contributed by atoms with Crippen molar-refractivity contribution >= 4 is 0 Å². The minimum Gasteiger partial charge on any atom is -0.346 e. The Labute approximate surface area is 103 Å². The van der Waals surface area contributed by atoms with E-state index in [1.54, 1.807) is 0 Å². The second-order valence-electron chi connectivity index (χ2n) is 5.71. The van der Waals surface area contributed by atoms with Crippen molar-refractivity contribution in [3.8, 4) is 0 Å². The van der Waals surface area contributed by atoms with Crippen LogP contribution in [-0.2, 0) is 6.42 Å². The molecule has 2 N–H and O–H groups in total. The van der Waals surface area contributed by atoms with E-state index in [1.165, 1.54) is 69.6 Å². The fourth-order valence-corrected chi connectivity index (χ4v) is 3.04. The highest BCUT2D eigenvalue weighted by Gasteiger charge is 2.20. The van der Waals surface area contributed by atoms with Gasteiger partial charge in [-0.05, 0) is 38.3 Å². The van der Waals surface area contributed by atoms with E-state index in [-0.39, 0.29) is 0 Å². The molecule has 0 radical (unpaired) electrons. The summed E-state index contributed by atoms with van der Waals surface area (Å²) in [7, 11) is 0. The maximum absolute atomic E-state index is 4.62. The number of imidazole rings is 1. The molecule has 0 atom stereocenters. The molecule has 17 heavy (non-hydrogen) atoms. The van der Waals surface area contributed by atoms with Gasteiger partial charge in [-0.3, -0.25) is 0 Å². The van der Waals surface area contributed by atoms with E-state index in [2.05, 4.69) is 21.5 Å². The number of nitrogens with one attached hydrogen (secondary N) is 2. The molecule has 3 nitrogen and oxygen atoms in total. The van der Waals surface area contributed by atoms with Crippen molar-refractivity contribution in [2.24, 2.45) is 5.92 Å². The van der Waals surface area contributed by atoms with Crippen LogP contribution in [0.1, 0.15) is 56.0 Å². The van der Waals surface area contributed by atoms with Crippen molar-refractivity contribution in [3.05, 3.63) is 17.7 Å². The molecule has 1 aromatic heterocycles. The summed E-state index contributed by atoms with van der Waals surface area (Å²) in [6.45, 7) is 2.36. The Morgan fingerprint density at radius 2 is 1.88 bits per heavy atom. The van der Waals surface area contributed by atoms with E-state index >= 15 is 0 Å². The van der Waals surface area contributed by atoms with Crippen molar-refractivity contribution < 1.29 is 0 Å². The van der Waals surface area contributed by atoms with Crippen molar-refractivity contribution in [2.75, 3.05) is 13.1 Å². The Kier molecular flexibility index (Phi) is 3.46. The zero-order valence-electron chi connectivity index (χ0n) is 10.5. The van der Waals surface area contributed by atoms with E-state index < -0.39 is 0 Å². The first-order chi connectivity index (χ1) is 8.42. The molecule has 0 bridgehead atoms. The molecular weight excluding hydrogens is 210 g/mol. The van der Waals surface area contributed by atoms with Gasteiger partial charge in [0.1, 0.15) is 5.82 Å². The highest BCUT2D eigenvalue weighted by Crippen LogP contribution is 2.30. The molecule has 0 spiro atoms. The number of hydrogen-bond acceptors (Lipinski definition) is 2. The van der Waals surface area contributed by atoms with Gasteiger partial charge in [-0.25, -0.2) is 4.98 Å². The second kappa shape index (κ2) is 5.21. The quantitative estimate of drug-likeness (QED) is 0.788. The predicted octanol–water partition coefficient (Wildman–Crippen LogP) is 2.61. The Hall–Kier alpha value is -0.830. The molecule has 1 saturated carbocycles. The van der Waals surface area contributed by atoms with Crippen LogP contribution < -0.4 is 5.32 Å². The van der Waals surface area contributed by atoms with Crippen LogP contribution in [-0.4, -0.2) is 23.1 Å². The molecule has 1 saturated heterocycles. The summed E-state index contributed by atoms with van der Waals surface area (Å²) in [6, 6.07) is 0. The van der Waals surface area contributed by atoms with E-state index in [9.17, 15) is 0 Å². The summed E-state index contributed by atoms with van der Waals surface area (Å²) in [5.74, 6) is 2.79. The summed E-state index contributed by atoms with van der Waals surface area (Å²) in [4.78, 5) is 8.19. The van der Waals surface area contributed by atoms with Gasteiger partial charge in [0.25, 0.3) is 0 Å². The highest BCUT2D eigenvalue weighted by molar-refractivity contribution is 5.07. The number of H-pyrrole nitrogens is 1. The van der Waals surface area contributed by atoms with E-state index in [1.807, 2.05) is 0 Å². The van der Waals surface area contributed by atoms with Crippen molar-refractivity contribution in [3.63, 3.8) is 0 Å². The predicted molar refractivity (Wildman–Crippen MR) is 69.1 cm³/mol. The minimum absolute atomic E-state index is 0.700. The Balaban J connectivity index is 1.61. The van der Waals surface area contributed by atoms with Gasteiger partial charge < -0.3 is 10.3 Å². The lowest BCUT2D eigenvalue weighted by molar-refractivity contribution is 0.344. The van der Waals surface area contributed by atoms with E-state index in [0.717, 1.165) is 5.92 Å². The summed E-state index contributed by atoms with van der Waals surface area (Å²) in [5, 5.41) is 3.33. The third-order valence-electron chi connectivity index (χ3n) is 4.26. The van der Waals surface area contributed by atoms with E-state index in [0.29, 0.717) is 5.92 Å². The molecule has 2 fully saturated rings. The Bertz CT molecular complexity index is 346. The second-order valence-corrected chi connectivity index (χ2v) is 5.71. The van der Waals surface area contributed by atoms with Crippen LogP contribution in [0.5, 0.6) is 0 Å². The monoisotopic (exact) mass is 233 g/mol. The third kappa shape index (κ3) is 2.71. The van der Waals surface area contributed by atoms with Crippen LogP contribution in [0.15, 0.2) is 6.20 Å². The van der Waals surface area contributed by atoms with Crippen LogP contribution in [0, 0.1) is 5.92 Å². The molecule has 0 aromatic carbocycles. The van der Waals surface area contributed by atoms with Gasteiger partial charge in [0.05, 0.1) is 0 Å². The van der Waals surface area contributed by atoms with Gasteiger partial charge >= 0.3 is 0 Å². The first-order valence-corrected chi connectivity index (χ1v) is 7.16. The Morgan fingerprint density at radius 3 is 2.53 bits per heavy atom. The van der Waals surface area contributed by atoms with Crippen molar-refractivity contribution in [2.45, 2.75) is 50.9 Å². The summed E-state index contributed by atoms with van der Waals surface area (Å²) >= 11 is 0. The molecule has 1 aliphatic heterocycles. The lowest BCUT2D eigenvalue weighted by atomic mass is 9.98. The van der Waals surface area contributed by atoms with Crippen LogP contribution in [0.2, 0.25) is 0 Å². The van der Waals surface area contributed by atoms with Crippen LogP contribution >= 0.6 is 0 Å². The summed E-state index contributed by atoms with van der Waals surface area (Å²) in [6.07, 6.45) is 11.5. The maximum Gasteiger partial charge on any atom is 0.109 e. The average molecular weight is 233 g/mol. The lowest BCUT2D eigenvalue weighted by Crippen LogP contribution is -2.43. The van der Waals surface area contributed by atoms with Gasteiger partial charge in [0, 0.05) is 17.8 Å². The van der Waals surface area contributed by atoms with Crippen molar-refractivity contribution in [1.82, 2.24) is 15.3 Å². The highest BCUT2D eigenvalue weighted by atomic mass is 15.0. The fraction of sp³-hybridized carbons (Fsp3) is 0.786. The molecule has 0 unspecified atom stereocenters. The van der Waals surface area contributed by atoms with Crippen LogP contribution in [0.25, 0.3) is 0 Å².